The molecule has 0 saturated carbocycles. The summed E-state index contributed by atoms with van der Waals surface area (Å²) < 4.78 is 5.41. The number of amides is 1. The molecule has 1 amide bonds. The molecule has 120 valence electrons. The number of carboxylic acids is 1. The number of hydrogen-bond donors (Lipinski definition) is 2. The third-order valence-corrected chi connectivity index (χ3v) is 3.77. The highest BCUT2D eigenvalue weighted by Crippen LogP contribution is 2.35. The number of carbonyl (C=O) groups is 2. The molecule has 0 bridgehead atoms. The van der Waals surface area contributed by atoms with E-state index in [0.717, 1.165) is 24.8 Å². The Balaban J connectivity index is 2.23. The second-order valence-corrected chi connectivity index (χ2v) is 5.45. The average molecular weight is 306 g/mol. The molecule has 1 aliphatic rings. The van der Waals surface area contributed by atoms with Gasteiger partial charge < -0.3 is 20.5 Å². The molecule has 1 unspecified atom stereocenters. The number of fused-ring (bicyclic) bond motifs is 1. The third kappa shape index (κ3) is 3.76. The molecule has 6 nitrogen and oxygen atoms in total. The van der Waals surface area contributed by atoms with E-state index in [0.29, 0.717) is 11.4 Å². The van der Waals surface area contributed by atoms with Gasteiger partial charge in [-0.05, 0) is 24.1 Å². The van der Waals surface area contributed by atoms with Crippen LogP contribution in [0.15, 0.2) is 18.2 Å². The lowest BCUT2D eigenvalue weighted by atomic mass is 10.0. The predicted octanol–water partition coefficient (Wildman–Crippen LogP) is 2.08. The van der Waals surface area contributed by atoms with Gasteiger partial charge in [0.25, 0.3) is 5.91 Å². The highest BCUT2D eigenvalue weighted by Gasteiger charge is 2.26. The zero-order chi connectivity index (χ0) is 16.1. The minimum atomic E-state index is -0.934. The van der Waals surface area contributed by atoms with Crippen LogP contribution in [0, 0.1) is 0 Å². The van der Waals surface area contributed by atoms with Gasteiger partial charge in [-0.1, -0.05) is 25.8 Å². The van der Waals surface area contributed by atoms with E-state index in [2.05, 4.69) is 6.92 Å². The lowest BCUT2D eigenvalue weighted by molar-refractivity contribution is -0.136. The number of ether oxygens (including phenoxy) is 1. The molecule has 22 heavy (non-hydrogen) atoms. The van der Waals surface area contributed by atoms with Gasteiger partial charge in [0.05, 0.1) is 12.1 Å². The van der Waals surface area contributed by atoms with Crippen LogP contribution in [0.5, 0.6) is 5.75 Å². The van der Waals surface area contributed by atoms with Gasteiger partial charge in [0, 0.05) is 12.6 Å². The van der Waals surface area contributed by atoms with Crippen molar-refractivity contribution in [3.8, 4) is 5.75 Å². The Labute approximate surface area is 129 Å². The summed E-state index contributed by atoms with van der Waals surface area (Å²) in [7, 11) is 0. The Hall–Kier alpha value is -2.08. The normalized spacial score (nSPS) is 15.2. The van der Waals surface area contributed by atoms with E-state index < -0.39 is 5.97 Å². The number of anilines is 1. The largest absolute Gasteiger partial charge is 0.482 e. The van der Waals surface area contributed by atoms with Gasteiger partial charge in [0.1, 0.15) is 5.75 Å². The molecule has 0 radical (unpaired) electrons. The van der Waals surface area contributed by atoms with Crippen LogP contribution in [0.1, 0.15) is 44.2 Å². The number of carboxylic acid groups (broad SMARTS) is 1. The van der Waals surface area contributed by atoms with Crippen LogP contribution >= 0.6 is 0 Å². The number of hydrogen-bond acceptors (Lipinski definition) is 4. The van der Waals surface area contributed by atoms with Gasteiger partial charge in [0.2, 0.25) is 0 Å². The van der Waals surface area contributed by atoms with E-state index in [1.165, 1.54) is 4.90 Å². The first-order chi connectivity index (χ1) is 10.5. The highest BCUT2D eigenvalue weighted by atomic mass is 16.5. The first-order valence-corrected chi connectivity index (χ1v) is 7.57. The van der Waals surface area contributed by atoms with Gasteiger partial charge in [-0.15, -0.1) is 0 Å². The van der Waals surface area contributed by atoms with Gasteiger partial charge >= 0.3 is 5.97 Å². The summed E-state index contributed by atoms with van der Waals surface area (Å²) in [5.41, 5.74) is 7.73. The van der Waals surface area contributed by atoms with Gasteiger partial charge in [-0.2, -0.15) is 0 Å². The van der Waals surface area contributed by atoms with Gasteiger partial charge in [-0.3, -0.25) is 9.59 Å². The van der Waals surface area contributed by atoms with Crippen molar-refractivity contribution in [1.82, 2.24) is 0 Å². The molecular weight excluding hydrogens is 284 g/mol. The van der Waals surface area contributed by atoms with E-state index in [-0.39, 0.29) is 31.5 Å². The molecule has 1 aliphatic heterocycles. The first-order valence-electron chi connectivity index (χ1n) is 7.57. The Morgan fingerprint density at radius 1 is 1.50 bits per heavy atom. The maximum Gasteiger partial charge on any atom is 0.305 e. The van der Waals surface area contributed by atoms with Crippen molar-refractivity contribution in [3.05, 3.63) is 23.8 Å². The summed E-state index contributed by atoms with van der Waals surface area (Å²) >= 11 is 0. The van der Waals surface area contributed by atoms with Crippen LogP contribution in [0.25, 0.3) is 0 Å². The van der Waals surface area contributed by atoms with E-state index in [4.69, 9.17) is 15.6 Å². The third-order valence-electron chi connectivity index (χ3n) is 3.77. The van der Waals surface area contributed by atoms with Gasteiger partial charge in [0.15, 0.2) is 6.61 Å². The van der Waals surface area contributed by atoms with Crippen LogP contribution in [0.4, 0.5) is 5.69 Å². The number of unbranched alkanes of at least 4 members (excludes halogenated alkanes) is 1. The molecule has 6 heteroatoms. The molecule has 0 saturated heterocycles. The Bertz CT molecular complexity index is 559. The topological polar surface area (TPSA) is 92.9 Å². The van der Waals surface area contributed by atoms with Crippen LogP contribution < -0.4 is 15.4 Å². The van der Waals surface area contributed by atoms with E-state index in [9.17, 15) is 9.59 Å². The van der Waals surface area contributed by atoms with Crippen molar-refractivity contribution in [2.45, 2.75) is 38.6 Å². The van der Waals surface area contributed by atoms with Crippen LogP contribution in [0.3, 0.4) is 0 Å². The lowest BCUT2D eigenvalue weighted by Gasteiger charge is -2.30. The predicted molar refractivity (Wildman–Crippen MR) is 83.0 cm³/mol. The minimum Gasteiger partial charge on any atom is -0.482 e. The maximum absolute atomic E-state index is 12.0. The summed E-state index contributed by atoms with van der Waals surface area (Å²) in [6.45, 7) is 2.19. The van der Waals surface area contributed by atoms with Crippen molar-refractivity contribution in [2.24, 2.45) is 5.73 Å². The van der Waals surface area contributed by atoms with E-state index >= 15 is 0 Å². The number of rotatable bonds is 7. The quantitative estimate of drug-likeness (QED) is 0.804. The SMILES string of the molecule is CCCCC(N)c1ccc2c(c1)N(CCC(=O)O)C(=O)CO2. The average Bonchev–Trinajstić information content (AvgIpc) is 2.50. The molecule has 0 spiro atoms. The second-order valence-electron chi connectivity index (χ2n) is 5.45. The first kappa shape index (κ1) is 16.3. The van der Waals surface area contributed by atoms with Crippen molar-refractivity contribution in [2.75, 3.05) is 18.1 Å². The summed E-state index contributed by atoms with van der Waals surface area (Å²) in [5, 5.41) is 8.83. The molecule has 0 aliphatic carbocycles. The summed E-state index contributed by atoms with van der Waals surface area (Å²) in [6, 6.07) is 5.46. The van der Waals surface area contributed by atoms with Crippen LogP contribution in [0.2, 0.25) is 0 Å². The lowest BCUT2D eigenvalue weighted by Crippen LogP contribution is -2.40. The van der Waals surface area contributed by atoms with Crippen molar-refractivity contribution in [3.63, 3.8) is 0 Å². The summed E-state index contributed by atoms with van der Waals surface area (Å²) in [4.78, 5) is 24.2. The molecule has 3 N–H and O–H groups in total. The number of benzene rings is 1. The maximum atomic E-state index is 12.0. The smallest absolute Gasteiger partial charge is 0.305 e. The molecular formula is C16H22N2O4. The zero-order valence-electron chi connectivity index (χ0n) is 12.7. The fourth-order valence-corrected chi connectivity index (χ4v) is 2.49. The number of nitrogens with zero attached hydrogens (tertiary/aromatic N) is 1. The number of aliphatic carboxylic acids is 1. The van der Waals surface area contributed by atoms with Crippen molar-refractivity contribution >= 4 is 17.6 Å². The second kappa shape index (κ2) is 7.26. The fraction of sp³-hybridized carbons (Fsp3) is 0.500. The molecule has 1 atom stereocenters. The number of carbonyl (C=O) groups excluding carboxylic acids is 1. The fourth-order valence-electron chi connectivity index (χ4n) is 2.49. The molecule has 1 heterocycles. The molecule has 1 aromatic rings. The van der Waals surface area contributed by atoms with E-state index in [1.54, 1.807) is 6.07 Å². The standard InChI is InChI=1S/C16H22N2O4/c1-2-3-4-12(17)11-5-6-14-13(9-11)18(8-7-16(20)21)15(19)10-22-14/h5-6,9,12H,2-4,7-8,10,17H2,1H3,(H,20,21). The molecule has 2 rings (SSSR count). The molecule has 0 aromatic heterocycles. The Morgan fingerprint density at radius 3 is 2.95 bits per heavy atom. The summed E-state index contributed by atoms with van der Waals surface area (Å²) in [5.74, 6) is -0.568. The monoisotopic (exact) mass is 306 g/mol. The van der Waals surface area contributed by atoms with E-state index in [1.807, 2.05) is 12.1 Å². The van der Waals surface area contributed by atoms with Crippen molar-refractivity contribution in [1.29, 1.82) is 0 Å². The molecule has 0 fully saturated rings. The number of nitrogens with two attached hydrogens (primary N) is 1. The molecule has 1 aromatic carbocycles. The van der Waals surface area contributed by atoms with Crippen LogP contribution in [-0.2, 0) is 9.59 Å². The Kier molecular flexibility index (Phi) is 5.38. The van der Waals surface area contributed by atoms with Crippen molar-refractivity contribution < 1.29 is 19.4 Å². The zero-order valence-corrected chi connectivity index (χ0v) is 12.7. The highest BCUT2D eigenvalue weighted by molar-refractivity contribution is 5.98. The summed E-state index contributed by atoms with van der Waals surface area (Å²) in [6.07, 6.45) is 2.89. The Morgan fingerprint density at radius 2 is 2.27 bits per heavy atom. The minimum absolute atomic E-state index is 0.0617. The van der Waals surface area contributed by atoms with Crippen LogP contribution in [-0.4, -0.2) is 30.1 Å². The van der Waals surface area contributed by atoms with Gasteiger partial charge in [-0.25, -0.2) is 0 Å².